The molecule has 0 aromatic carbocycles. The first-order valence-corrected chi connectivity index (χ1v) is 5.38. The number of rotatable bonds is 4. The van der Waals surface area contributed by atoms with Gasteiger partial charge < -0.3 is 9.67 Å². The summed E-state index contributed by atoms with van der Waals surface area (Å²) >= 11 is 0. The van der Waals surface area contributed by atoms with Gasteiger partial charge in [-0.05, 0) is 18.6 Å². The van der Waals surface area contributed by atoms with Crippen molar-refractivity contribution in [2.24, 2.45) is 0 Å². The average Bonchev–Trinajstić information content (AvgIpc) is 2.76. The van der Waals surface area contributed by atoms with Gasteiger partial charge in [0.25, 0.3) is 0 Å². The van der Waals surface area contributed by atoms with Crippen molar-refractivity contribution < 1.29 is 9.90 Å². The number of carboxylic acids is 1. The molecular formula is C12H13N3O2. The van der Waals surface area contributed by atoms with E-state index in [1.165, 1.54) is 6.20 Å². The third kappa shape index (κ3) is 2.50. The van der Waals surface area contributed by atoms with Crippen LogP contribution in [0.4, 0.5) is 0 Å². The Hall–Kier alpha value is -2.17. The summed E-state index contributed by atoms with van der Waals surface area (Å²) in [6.45, 7) is 2.89. The summed E-state index contributed by atoms with van der Waals surface area (Å²) in [6, 6.07) is 1.63. The number of imidazole rings is 1. The van der Waals surface area contributed by atoms with E-state index in [0.29, 0.717) is 6.42 Å². The molecule has 1 N–H and O–H groups in total. The van der Waals surface area contributed by atoms with Crippen molar-refractivity contribution in [3.8, 4) is 0 Å². The second-order valence-corrected chi connectivity index (χ2v) is 3.69. The van der Waals surface area contributed by atoms with Crippen LogP contribution < -0.4 is 0 Å². The number of carbonyl (C=O) groups is 1. The molecule has 17 heavy (non-hydrogen) atoms. The van der Waals surface area contributed by atoms with E-state index in [2.05, 4.69) is 9.97 Å². The maximum atomic E-state index is 10.8. The summed E-state index contributed by atoms with van der Waals surface area (Å²) in [4.78, 5) is 19.0. The molecule has 0 aliphatic carbocycles. The van der Waals surface area contributed by atoms with Crippen molar-refractivity contribution in [1.82, 2.24) is 14.5 Å². The molecule has 0 saturated carbocycles. The maximum Gasteiger partial charge on any atom is 0.337 e. The van der Waals surface area contributed by atoms with Gasteiger partial charge in [0.2, 0.25) is 0 Å². The van der Waals surface area contributed by atoms with Crippen molar-refractivity contribution in [2.75, 3.05) is 0 Å². The smallest absolute Gasteiger partial charge is 0.337 e. The minimum Gasteiger partial charge on any atom is -0.478 e. The molecule has 2 rings (SSSR count). The zero-order valence-electron chi connectivity index (χ0n) is 9.50. The maximum absolute atomic E-state index is 10.8. The quantitative estimate of drug-likeness (QED) is 0.867. The third-order valence-corrected chi connectivity index (χ3v) is 2.55. The van der Waals surface area contributed by atoms with E-state index in [-0.39, 0.29) is 5.56 Å². The molecule has 5 heteroatoms. The first kappa shape index (κ1) is 11.3. The molecule has 2 aromatic heterocycles. The summed E-state index contributed by atoms with van der Waals surface area (Å²) in [7, 11) is 0. The molecule has 0 amide bonds. The van der Waals surface area contributed by atoms with Crippen LogP contribution in [0.15, 0.2) is 30.9 Å². The molecule has 0 radical (unpaired) electrons. The molecule has 0 unspecified atom stereocenters. The van der Waals surface area contributed by atoms with Gasteiger partial charge in [-0.1, -0.05) is 0 Å². The van der Waals surface area contributed by atoms with E-state index in [9.17, 15) is 4.79 Å². The van der Waals surface area contributed by atoms with Crippen LogP contribution >= 0.6 is 0 Å². The lowest BCUT2D eigenvalue weighted by molar-refractivity contribution is 0.0696. The molecule has 0 fully saturated rings. The second kappa shape index (κ2) is 4.78. The van der Waals surface area contributed by atoms with E-state index < -0.39 is 5.97 Å². The summed E-state index contributed by atoms with van der Waals surface area (Å²) in [5.74, 6) is -0.0463. The molecule has 0 atom stereocenters. The van der Waals surface area contributed by atoms with Gasteiger partial charge in [-0.3, -0.25) is 4.98 Å². The number of aryl methyl sites for hydroxylation is 1. The van der Waals surface area contributed by atoms with Gasteiger partial charge in [-0.25, -0.2) is 9.78 Å². The molecule has 0 aliphatic rings. The van der Waals surface area contributed by atoms with Crippen LogP contribution in [-0.2, 0) is 13.0 Å². The molecule has 88 valence electrons. The normalized spacial score (nSPS) is 10.4. The SMILES string of the molecule is CCn1ccnc1Cc1cncc(C(=O)O)c1. The molecule has 2 heterocycles. The minimum absolute atomic E-state index is 0.206. The highest BCUT2D eigenvalue weighted by Crippen LogP contribution is 2.09. The summed E-state index contributed by atoms with van der Waals surface area (Å²) < 4.78 is 2.02. The predicted molar refractivity (Wildman–Crippen MR) is 61.9 cm³/mol. The Bertz CT molecular complexity index is 534. The number of hydrogen-bond donors (Lipinski definition) is 1. The highest BCUT2D eigenvalue weighted by atomic mass is 16.4. The summed E-state index contributed by atoms with van der Waals surface area (Å²) in [5, 5.41) is 8.88. The van der Waals surface area contributed by atoms with Crippen LogP contribution in [0.2, 0.25) is 0 Å². The Kier molecular flexibility index (Phi) is 3.18. The molecular weight excluding hydrogens is 218 g/mol. The lowest BCUT2D eigenvalue weighted by Gasteiger charge is -2.05. The Morgan fingerprint density at radius 1 is 1.47 bits per heavy atom. The molecule has 5 nitrogen and oxygen atoms in total. The lowest BCUT2D eigenvalue weighted by atomic mass is 10.1. The van der Waals surface area contributed by atoms with Crippen molar-refractivity contribution in [2.45, 2.75) is 19.9 Å². The van der Waals surface area contributed by atoms with E-state index in [4.69, 9.17) is 5.11 Å². The van der Waals surface area contributed by atoms with Gasteiger partial charge in [-0.2, -0.15) is 0 Å². The number of aromatic nitrogens is 3. The van der Waals surface area contributed by atoms with E-state index in [1.54, 1.807) is 18.5 Å². The summed E-state index contributed by atoms with van der Waals surface area (Å²) in [5.41, 5.74) is 1.06. The Labute approximate surface area is 98.8 Å². The van der Waals surface area contributed by atoms with Gasteiger partial charge >= 0.3 is 5.97 Å². The zero-order valence-corrected chi connectivity index (χ0v) is 9.50. The predicted octanol–water partition coefficient (Wildman–Crippen LogP) is 1.59. The van der Waals surface area contributed by atoms with Gasteiger partial charge in [0.05, 0.1) is 5.56 Å². The second-order valence-electron chi connectivity index (χ2n) is 3.69. The van der Waals surface area contributed by atoms with Gasteiger partial charge in [0, 0.05) is 37.8 Å². The van der Waals surface area contributed by atoms with E-state index in [1.807, 2.05) is 17.7 Å². The topological polar surface area (TPSA) is 68.0 Å². The summed E-state index contributed by atoms with van der Waals surface area (Å²) in [6.07, 6.45) is 7.26. The van der Waals surface area contributed by atoms with Crippen LogP contribution in [0.5, 0.6) is 0 Å². The highest BCUT2D eigenvalue weighted by molar-refractivity contribution is 5.87. The van der Waals surface area contributed by atoms with Gasteiger partial charge in [-0.15, -0.1) is 0 Å². The fourth-order valence-corrected chi connectivity index (χ4v) is 1.68. The zero-order chi connectivity index (χ0) is 12.3. The van der Waals surface area contributed by atoms with Crippen LogP contribution in [0.25, 0.3) is 0 Å². The van der Waals surface area contributed by atoms with E-state index in [0.717, 1.165) is 17.9 Å². The van der Waals surface area contributed by atoms with Crippen LogP contribution in [0, 0.1) is 0 Å². The van der Waals surface area contributed by atoms with Crippen LogP contribution in [-0.4, -0.2) is 25.6 Å². The van der Waals surface area contributed by atoms with Crippen molar-refractivity contribution in [3.63, 3.8) is 0 Å². The minimum atomic E-state index is -0.960. The number of aromatic carboxylic acids is 1. The molecule has 0 bridgehead atoms. The molecule has 0 spiro atoms. The Morgan fingerprint density at radius 2 is 2.29 bits per heavy atom. The van der Waals surface area contributed by atoms with Crippen LogP contribution in [0.1, 0.15) is 28.7 Å². The molecule has 0 saturated heterocycles. The monoisotopic (exact) mass is 231 g/mol. The average molecular weight is 231 g/mol. The molecule has 0 aliphatic heterocycles. The van der Waals surface area contributed by atoms with Crippen LogP contribution in [0.3, 0.4) is 0 Å². The first-order valence-electron chi connectivity index (χ1n) is 5.38. The first-order chi connectivity index (χ1) is 8.20. The third-order valence-electron chi connectivity index (χ3n) is 2.55. The number of nitrogens with zero attached hydrogens (tertiary/aromatic N) is 3. The number of carboxylic acid groups (broad SMARTS) is 1. The number of pyridine rings is 1. The van der Waals surface area contributed by atoms with Gasteiger partial charge in [0.15, 0.2) is 0 Å². The standard InChI is InChI=1S/C12H13N3O2/c1-2-15-4-3-14-11(15)6-9-5-10(12(16)17)8-13-7-9/h3-5,7-8H,2,6H2,1H3,(H,16,17). The van der Waals surface area contributed by atoms with Crippen molar-refractivity contribution in [3.05, 3.63) is 47.8 Å². The Balaban J connectivity index is 2.24. The number of hydrogen-bond acceptors (Lipinski definition) is 3. The van der Waals surface area contributed by atoms with Crippen molar-refractivity contribution >= 4 is 5.97 Å². The fraction of sp³-hybridized carbons (Fsp3) is 0.250. The lowest BCUT2D eigenvalue weighted by Crippen LogP contribution is -2.04. The largest absolute Gasteiger partial charge is 0.478 e. The van der Waals surface area contributed by atoms with Gasteiger partial charge in [0.1, 0.15) is 5.82 Å². The Morgan fingerprint density at radius 3 is 3.00 bits per heavy atom. The molecule has 2 aromatic rings. The van der Waals surface area contributed by atoms with Crippen molar-refractivity contribution in [1.29, 1.82) is 0 Å². The fourth-order valence-electron chi connectivity index (χ4n) is 1.68. The van der Waals surface area contributed by atoms with E-state index >= 15 is 0 Å². The highest BCUT2D eigenvalue weighted by Gasteiger charge is 2.07.